The zero-order chi connectivity index (χ0) is 22.5. The second-order valence-electron chi connectivity index (χ2n) is 7.50. The van der Waals surface area contributed by atoms with E-state index in [2.05, 4.69) is 21.3 Å². The molecule has 0 radical (unpaired) electrons. The summed E-state index contributed by atoms with van der Waals surface area (Å²) in [6, 6.07) is 16.8. The van der Waals surface area contributed by atoms with Crippen LogP contribution in [0.1, 0.15) is 11.1 Å². The number of carbonyl (C=O) groups is 3. The van der Waals surface area contributed by atoms with Gasteiger partial charge in [0, 0.05) is 12.2 Å². The summed E-state index contributed by atoms with van der Waals surface area (Å²) < 4.78 is 5.19. The molecule has 9 heteroatoms. The van der Waals surface area contributed by atoms with Gasteiger partial charge in [-0.15, -0.1) is 11.8 Å². The van der Waals surface area contributed by atoms with Gasteiger partial charge in [-0.25, -0.2) is 0 Å². The monoisotopic (exact) mass is 452 g/mol. The summed E-state index contributed by atoms with van der Waals surface area (Å²) in [5, 5.41) is 13.0. The van der Waals surface area contributed by atoms with E-state index in [0.29, 0.717) is 18.0 Å². The minimum atomic E-state index is -0.852. The molecule has 1 fully saturated rings. The van der Waals surface area contributed by atoms with Crippen LogP contribution in [-0.4, -0.2) is 36.4 Å². The lowest BCUT2D eigenvalue weighted by Gasteiger charge is -2.33. The van der Waals surface area contributed by atoms with E-state index in [0.717, 1.165) is 11.1 Å². The number of amides is 3. The molecule has 166 valence electrons. The normalized spacial score (nSPS) is 21.7. The summed E-state index contributed by atoms with van der Waals surface area (Å²) in [6.07, 6.45) is -0.625. The topological polar surface area (TPSA) is 109 Å². The van der Waals surface area contributed by atoms with Crippen molar-refractivity contribution in [3.63, 3.8) is 0 Å². The van der Waals surface area contributed by atoms with Gasteiger partial charge in [0.1, 0.15) is 11.7 Å². The smallest absolute Gasteiger partial charge is 0.257 e. The van der Waals surface area contributed by atoms with Crippen LogP contribution >= 0.6 is 11.8 Å². The predicted octanol–water partition coefficient (Wildman–Crippen LogP) is 1.25. The molecule has 4 N–H and O–H groups in total. The summed E-state index contributed by atoms with van der Waals surface area (Å²) >= 11 is 1.38. The van der Waals surface area contributed by atoms with Crippen LogP contribution in [-0.2, 0) is 27.3 Å². The number of hydrogen-bond acceptors (Lipinski definition) is 6. The standard InChI is InChI=1S/C23H24N4O4S/c1-31-16-9-5-8-15(10-16)12-24-22(30)20-26-21(29)19-17(13-32-23(19)27-20)25-18(28)11-14-6-3-2-4-7-14/h2-10,13,19-20,23,27H,11-12H2,1H3,(H,24,30)(H,25,28)(H,26,29). The second-order valence-corrected chi connectivity index (χ2v) is 8.51. The number of fused-ring (bicyclic) bond motifs is 1. The van der Waals surface area contributed by atoms with E-state index in [1.54, 1.807) is 12.5 Å². The van der Waals surface area contributed by atoms with Gasteiger partial charge in [0.05, 0.1) is 18.9 Å². The van der Waals surface area contributed by atoms with Crippen molar-refractivity contribution in [1.29, 1.82) is 0 Å². The van der Waals surface area contributed by atoms with Crippen molar-refractivity contribution in [2.75, 3.05) is 7.11 Å². The first kappa shape index (κ1) is 21.9. The molecule has 2 aromatic rings. The lowest BCUT2D eigenvalue weighted by Crippen LogP contribution is -2.65. The summed E-state index contributed by atoms with van der Waals surface area (Å²) in [7, 11) is 1.58. The minimum absolute atomic E-state index is 0.186. The van der Waals surface area contributed by atoms with E-state index in [1.807, 2.05) is 54.6 Å². The molecule has 0 saturated carbocycles. The van der Waals surface area contributed by atoms with Gasteiger partial charge in [-0.2, -0.15) is 0 Å². The van der Waals surface area contributed by atoms with E-state index < -0.39 is 12.1 Å². The summed E-state index contributed by atoms with van der Waals surface area (Å²) in [6.45, 7) is 0.310. The van der Waals surface area contributed by atoms with Crippen molar-refractivity contribution in [2.45, 2.75) is 24.5 Å². The van der Waals surface area contributed by atoms with Crippen LogP contribution in [0.4, 0.5) is 0 Å². The van der Waals surface area contributed by atoms with Crippen molar-refractivity contribution in [1.82, 2.24) is 21.3 Å². The zero-order valence-electron chi connectivity index (χ0n) is 17.5. The predicted molar refractivity (Wildman–Crippen MR) is 121 cm³/mol. The number of benzene rings is 2. The number of thioether (sulfide) groups is 1. The first-order chi connectivity index (χ1) is 15.5. The van der Waals surface area contributed by atoms with Crippen molar-refractivity contribution >= 4 is 29.5 Å². The van der Waals surface area contributed by atoms with E-state index in [1.165, 1.54) is 11.8 Å². The quantitative estimate of drug-likeness (QED) is 0.504. The van der Waals surface area contributed by atoms with Crippen LogP contribution in [0.15, 0.2) is 65.7 Å². The number of nitrogens with one attached hydrogen (secondary N) is 4. The molecule has 3 unspecified atom stereocenters. The molecule has 0 aliphatic carbocycles. The van der Waals surface area contributed by atoms with Gasteiger partial charge in [-0.1, -0.05) is 42.5 Å². The van der Waals surface area contributed by atoms with Gasteiger partial charge in [-0.3, -0.25) is 19.7 Å². The molecule has 8 nitrogen and oxygen atoms in total. The average Bonchev–Trinajstić information content (AvgIpc) is 3.21. The van der Waals surface area contributed by atoms with Crippen LogP contribution in [0, 0.1) is 5.92 Å². The molecule has 2 aliphatic heterocycles. The third-order valence-electron chi connectivity index (χ3n) is 5.23. The summed E-state index contributed by atoms with van der Waals surface area (Å²) in [5.74, 6) is -0.677. The number of rotatable bonds is 7. The molecule has 2 aliphatic rings. The number of hydrogen-bond donors (Lipinski definition) is 4. The Morgan fingerprint density at radius 1 is 1.09 bits per heavy atom. The highest BCUT2D eigenvalue weighted by atomic mass is 32.2. The van der Waals surface area contributed by atoms with Crippen molar-refractivity contribution < 1.29 is 19.1 Å². The van der Waals surface area contributed by atoms with E-state index in [4.69, 9.17) is 4.74 Å². The molecule has 2 heterocycles. The number of ether oxygens (including phenoxy) is 1. The Balaban J connectivity index is 1.30. The first-order valence-electron chi connectivity index (χ1n) is 10.2. The van der Waals surface area contributed by atoms with Gasteiger partial charge in [0.2, 0.25) is 11.8 Å². The molecule has 0 bridgehead atoms. The van der Waals surface area contributed by atoms with Gasteiger partial charge in [-0.05, 0) is 28.7 Å². The lowest BCUT2D eigenvalue weighted by molar-refractivity contribution is -0.134. The van der Waals surface area contributed by atoms with E-state index in [9.17, 15) is 14.4 Å². The van der Waals surface area contributed by atoms with Crippen LogP contribution in [0.2, 0.25) is 0 Å². The van der Waals surface area contributed by atoms with Gasteiger partial charge in [0.15, 0.2) is 6.17 Å². The average molecular weight is 453 g/mol. The third kappa shape index (κ3) is 5.12. The SMILES string of the molecule is COc1cccc(CNC(=O)C2NC(=O)C3C(NC(=O)Cc4ccccc4)=CSC3N2)c1. The molecule has 3 atom stereocenters. The Hall–Kier alpha value is -3.30. The van der Waals surface area contributed by atoms with Gasteiger partial charge in [0.25, 0.3) is 5.91 Å². The highest BCUT2D eigenvalue weighted by molar-refractivity contribution is 8.03. The molecule has 3 amide bonds. The van der Waals surface area contributed by atoms with Crippen molar-refractivity contribution in [3.05, 3.63) is 76.8 Å². The largest absolute Gasteiger partial charge is 0.497 e. The molecule has 2 aromatic carbocycles. The van der Waals surface area contributed by atoms with E-state index in [-0.39, 0.29) is 29.5 Å². The van der Waals surface area contributed by atoms with Crippen LogP contribution in [0.3, 0.4) is 0 Å². The zero-order valence-corrected chi connectivity index (χ0v) is 18.3. The fourth-order valence-corrected chi connectivity index (χ4v) is 4.76. The minimum Gasteiger partial charge on any atom is -0.497 e. The van der Waals surface area contributed by atoms with Gasteiger partial charge < -0.3 is 20.7 Å². The Morgan fingerprint density at radius 2 is 1.88 bits per heavy atom. The maximum Gasteiger partial charge on any atom is 0.257 e. The Morgan fingerprint density at radius 3 is 2.66 bits per heavy atom. The van der Waals surface area contributed by atoms with Crippen molar-refractivity contribution in [2.24, 2.45) is 5.92 Å². The van der Waals surface area contributed by atoms with Crippen LogP contribution in [0.25, 0.3) is 0 Å². The summed E-state index contributed by atoms with van der Waals surface area (Å²) in [5.41, 5.74) is 2.32. The van der Waals surface area contributed by atoms with Crippen molar-refractivity contribution in [3.8, 4) is 5.75 Å². The van der Waals surface area contributed by atoms with Crippen LogP contribution < -0.4 is 26.0 Å². The molecule has 32 heavy (non-hydrogen) atoms. The molecule has 0 spiro atoms. The Labute approximate surface area is 190 Å². The second kappa shape index (κ2) is 9.88. The molecular formula is C23H24N4O4S. The van der Waals surface area contributed by atoms with Crippen LogP contribution in [0.5, 0.6) is 5.75 Å². The van der Waals surface area contributed by atoms with Gasteiger partial charge >= 0.3 is 0 Å². The number of methoxy groups -OCH3 is 1. The maximum atomic E-state index is 12.7. The highest BCUT2D eigenvalue weighted by Crippen LogP contribution is 2.35. The number of carbonyl (C=O) groups excluding carboxylic acids is 3. The highest BCUT2D eigenvalue weighted by Gasteiger charge is 2.44. The fraction of sp³-hybridized carbons (Fsp3) is 0.261. The summed E-state index contributed by atoms with van der Waals surface area (Å²) in [4.78, 5) is 37.8. The molecule has 1 saturated heterocycles. The first-order valence-corrected chi connectivity index (χ1v) is 11.1. The van der Waals surface area contributed by atoms with E-state index >= 15 is 0 Å². The molecule has 0 aromatic heterocycles. The molecular weight excluding hydrogens is 428 g/mol. The Bertz CT molecular complexity index is 1040. The Kier molecular flexibility index (Phi) is 6.77. The third-order valence-corrected chi connectivity index (χ3v) is 6.33. The lowest BCUT2D eigenvalue weighted by atomic mass is 10.0. The molecule has 4 rings (SSSR count). The fourth-order valence-electron chi connectivity index (χ4n) is 3.62. The maximum absolute atomic E-state index is 12.7.